The van der Waals surface area contributed by atoms with Gasteiger partial charge in [-0.2, -0.15) is 0 Å². The zero-order valence-electron chi connectivity index (χ0n) is 11.5. The fourth-order valence-corrected chi connectivity index (χ4v) is 2.62. The molecule has 3 aromatic rings. The SMILES string of the molecule is Fc1ccc2c(c1)nc(CCCl)n2CCc1ccccn1. The number of pyridine rings is 1. The third kappa shape index (κ3) is 3.05. The molecule has 0 radical (unpaired) electrons. The monoisotopic (exact) mass is 303 g/mol. The van der Waals surface area contributed by atoms with Gasteiger partial charge < -0.3 is 4.57 Å². The lowest BCUT2D eigenvalue weighted by molar-refractivity contribution is 0.629. The van der Waals surface area contributed by atoms with Crippen molar-refractivity contribution >= 4 is 22.6 Å². The standard InChI is InChI=1S/C16H15ClFN3/c17-8-6-16-20-14-11-12(18)4-5-15(14)21(16)10-7-13-3-1-2-9-19-13/h1-5,9,11H,6-8,10H2. The Hall–Kier alpha value is -1.94. The number of aryl methyl sites for hydroxylation is 3. The van der Waals surface area contributed by atoms with E-state index in [-0.39, 0.29) is 5.82 Å². The van der Waals surface area contributed by atoms with Crippen molar-refractivity contribution in [1.29, 1.82) is 0 Å². The van der Waals surface area contributed by atoms with Gasteiger partial charge in [-0.05, 0) is 24.3 Å². The Labute approximate surface area is 127 Å². The number of hydrogen-bond donors (Lipinski definition) is 0. The van der Waals surface area contributed by atoms with Crippen LogP contribution in [0.2, 0.25) is 0 Å². The summed E-state index contributed by atoms with van der Waals surface area (Å²) >= 11 is 5.84. The van der Waals surface area contributed by atoms with Gasteiger partial charge in [-0.3, -0.25) is 4.98 Å². The number of benzene rings is 1. The molecule has 0 fully saturated rings. The molecule has 21 heavy (non-hydrogen) atoms. The quantitative estimate of drug-likeness (QED) is 0.674. The van der Waals surface area contributed by atoms with Crippen LogP contribution in [0.15, 0.2) is 42.6 Å². The molecule has 2 aromatic heterocycles. The summed E-state index contributed by atoms with van der Waals surface area (Å²) in [5, 5.41) is 0. The highest BCUT2D eigenvalue weighted by Crippen LogP contribution is 2.19. The van der Waals surface area contributed by atoms with Crippen molar-refractivity contribution in [2.45, 2.75) is 19.4 Å². The number of rotatable bonds is 5. The second kappa shape index (κ2) is 6.22. The Kier molecular flexibility index (Phi) is 4.15. The lowest BCUT2D eigenvalue weighted by Gasteiger charge is -2.08. The first-order chi connectivity index (χ1) is 10.3. The average Bonchev–Trinajstić information content (AvgIpc) is 2.83. The topological polar surface area (TPSA) is 30.7 Å². The van der Waals surface area contributed by atoms with Crippen molar-refractivity contribution in [3.63, 3.8) is 0 Å². The van der Waals surface area contributed by atoms with Gasteiger partial charge in [0.25, 0.3) is 0 Å². The predicted octanol–water partition coefficient (Wildman–Crippen LogP) is 3.59. The minimum Gasteiger partial charge on any atom is -0.328 e. The summed E-state index contributed by atoms with van der Waals surface area (Å²) in [6, 6.07) is 10.6. The van der Waals surface area contributed by atoms with Crippen LogP contribution in [0.3, 0.4) is 0 Å². The summed E-state index contributed by atoms with van der Waals surface area (Å²) in [4.78, 5) is 8.82. The molecule has 0 aliphatic rings. The molecule has 0 N–H and O–H groups in total. The highest BCUT2D eigenvalue weighted by atomic mass is 35.5. The van der Waals surface area contributed by atoms with Gasteiger partial charge in [0.05, 0.1) is 11.0 Å². The van der Waals surface area contributed by atoms with Gasteiger partial charge in [-0.25, -0.2) is 9.37 Å². The lowest BCUT2D eigenvalue weighted by atomic mass is 10.2. The van der Waals surface area contributed by atoms with Crippen LogP contribution in [0, 0.1) is 5.82 Å². The summed E-state index contributed by atoms with van der Waals surface area (Å²) < 4.78 is 15.4. The van der Waals surface area contributed by atoms with Gasteiger partial charge in [0, 0.05) is 43.2 Å². The lowest BCUT2D eigenvalue weighted by Crippen LogP contribution is -2.07. The minimum absolute atomic E-state index is 0.269. The van der Waals surface area contributed by atoms with Gasteiger partial charge in [-0.15, -0.1) is 11.6 Å². The van der Waals surface area contributed by atoms with Crippen LogP contribution in [0.4, 0.5) is 4.39 Å². The van der Waals surface area contributed by atoms with Gasteiger partial charge in [0.2, 0.25) is 0 Å². The number of nitrogens with zero attached hydrogens (tertiary/aromatic N) is 3. The van der Waals surface area contributed by atoms with Crippen LogP contribution in [-0.2, 0) is 19.4 Å². The highest BCUT2D eigenvalue weighted by molar-refractivity contribution is 6.17. The molecule has 1 aromatic carbocycles. The predicted molar refractivity (Wildman–Crippen MR) is 82.1 cm³/mol. The molecular weight excluding hydrogens is 289 g/mol. The van der Waals surface area contributed by atoms with E-state index in [2.05, 4.69) is 14.5 Å². The van der Waals surface area contributed by atoms with Crippen LogP contribution < -0.4 is 0 Å². The van der Waals surface area contributed by atoms with E-state index in [9.17, 15) is 4.39 Å². The first-order valence-electron chi connectivity index (χ1n) is 6.88. The van der Waals surface area contributed by atoms with Crippen molar-refractivity contribution in [3.8, 4) is 0 Å². The zero-order chi connectivity index (χ0) is 14.7. The normalized spacial score (nSPS) is 11.1. The van der Waals surface area contributed by atoms with E-state index in [1.54, 1.807) is 12.3 Å². The molecule has 108 valence electrons. The largest absolute Gasteiger partial charge is 0.328 e. The molecule has 3 nitrogen and oxygen atoms in total. The molecular formula is C16H15ClFN3. The van der Waals surface area contributed by atoms with Crippen molar-refractivity contribution in [3.05, 3.63) is 59.9 Å². The smallest absolute Gasteiger partial charge is 0.125 e. The third-order valence-electron chi connectivity index (χ3n) is 3.43. The van der Waals surface area contributed by atoms with Gasteiger partial charge in [-0.1, -0.05) is 6.07 Å². The van der Waals surface area contributed by atoms with E-state index in [0.29, 0.717) is 17.8 Å². The van der Waals surface area contributed by atoms with E-state index in [0.717, 1.165) is 30.0 Å². The van der Waals surface area contributed by atoms with Crippen molar-refractivity contribution in [2.75, 3.05) is 5.88 Å². The number of halogens is 2. The molecule has 3 rings (SSSR count). The number of imidazole rings is 1. The van der Waals surface area contributed by atoms with Crippen molar-refractivity contribution in [1.82, 2.24) is 14.5 Å². The Bertz CT molecular complexity index is 740. The number of fused-ring (bicyclic) bond motifs is 1. The van der Waals surface area contributed by atoms with Crippen LogP contribution >= 0.6 is 11.6 Å². The molecule has 0 aliphatic carbocycles. The fraction of sp³-hybridized carbons (Fsp3) is 0.250. The number of aromatic nitrogens is 3. The summed E-state index contributed by atoms with van der Waals surface area (Å²) in [6.07, 6.45) is 3.26. The maximum absolute atomic E-state index is 13.3. The minimum atomic E-state index is -0.269. The highest BCUT2D eigenvalue weighted by Gasteiger charge is 2.11. The summed E-state index contributed by atoms with van der Waals surface area (Å²) in [5.41, 5.74) is 2.64. The first-order valence-corrected chi connectivity index (χ1v) is 7.42. The molecule has 0 spiro atoms. The molecule has 0 unspecified atom stereocenters. The van der Waals surface area contributed by atoms with E-state index < -0.39 is 0 Å². The number of hydrogen-bond acceptors (Lipinski definition) is 2. The number of alkyl halides is 1. The Morgan fingerprint density at radius 1 is 1.14 bits per heavy atom. The zero-order valence-corrected chi connectivity index (χ0v) is 12.2. The molecule has 0 atom stereocenters. The van der Waals surface area contributed by atoms with Crippen LogP contribution in [0.5, 0.6) is 0 Å². The van der Waals surface area contributed by atoms with Gasteiger partial charge in [0.15, 0.2) is 0 Å². The van der Waals surface area contributed by atoms with Crippen LogP contribution in [0.1, 0.15) is 11.5 Å². The Balaban J connectivity index is 1.93. The second-order valence-corrected chi connectivity index (χ2v) is 5.20. The summed E-state index contributed by atoms with van der Waals surface area (Å²) in [7, 11) is 0. The summed E-state index contributed by atoms with van der Waals surface area (Å²) in [6.45, 7) is 0.755. The van der Waals surface area contributed by atoms with E-state index in [1.165, 1.54) is 12.1 Å². The molecule has 0 bridgehead atoms. The molecule has 2 heterocycles. The van der Waals surface area contributed by atoms with Gasteiger partial charge >= 0.3 is 0 Å². The molecule has 0 amide bonds. The third-order valence-corrected chi connectivity index (χ3v) is 3.61. The molecule has 0 saturated heterocycles. The second-order valence-electron chi connectivity index (χ2n) is 4.82. The van der Waals surface area contributed by atoms with Crippen molar-refractivity contribution in [2.24, 2.45) is 0 Å². The summed E-state index contributed by atoms with van der Waals surface area (Å²) in [5.74, 6) is 1.12. The van der Waals surface area contributed by atoms with Crippen LogP contribution in [-0.4, -0.2) is 20.4 Å². The molecule has 5 heteroatoms. The Morgan fingerprint density at radius 3 is 2.81 bits per heavy atom. The van der Waals surface area contributed by atoms with Crippen molar-refractivity contribution < 1.29 is 4.39 Å². The fourth-order valence-electron chi connectivity index (χ4n) is 2.45. The average molecular weight is 304 g/mol. The maximum atomic E-state index is 13.3. The van der Waals surface area contributed by atoms with E-state index in [4.69, 9.17) is 11.6 Å². The van der Waals surface area contributed by atoms with Gasteiger partial charge in [0.1, 0.15) is 11.6 Å². The Morgan fingerprint density at radius 2 is 2.05 bits per heavy atom. The molecule has 0 aliphatic heterocycles. The maximum Gasteiger partial charge on any atom is 0.125 e. The molecule has 0 saturated carbocycles. The van der Waals surface area contributed by atoms with E-state index >= 15 is 0 Å². The van der Waals surface area contributed by atoms with E-state index in [1.807, 2.05) is 18.2 Å². The van der Waals surface area contributed by atoms with Crippen LogP contribution in [0.25, 0.3) is 11.0 Å². The first kappa shape index (κ1) is 14.0.